The van der Waals surface area contributed by atoms with Crippen molar-refractivity contribution in [2.75, 3.05) is 0 Å². The second-order valence-electron chi connectivity index (χ2n) is 8.96. The van der Waals surface area contributed by atoms with Gasteiger partial charge in [0.25, 0.3) is 0 Å². The number of aryl methyl sites for hydroxylation is 1. The SMILES string of the molecule is CC(C)C[C@H](NC(=O)[C@H](CCc1cccc2ccccc12)NC(=O)OCc1ccccc1)C(=O)O. The molecule has 0 fully saturated rings. The molecule has 3 aromatic carbocycles. The summed E-state index contributed by atoms with van der Waals surface area (Å²) < 4.78 is 5.30. The van der Waals surface area contributed by atoms with Crippen molar-refractivity contribution in [1.29, 1.82) is 0 Å². The number of nitrogens with one attached hydrogen (secondary N) is 2. The Morgan fingerprint density at radius 3 is 2.26 bits per heavy atom. The van der Waals surface area contributed by atoms with Gasteiger partial charge in [0.1, 0.15) is 18.7 Å². The molecule has 2 amide bonds. The van der Waals surface area contributed by atoms with E-state index in [0.717, 1.165) is 21.9 Å². The maximum atomic E-state index is 13.1. The maximum Gasteiger partial charge on any atom is 0.408 e. The first kappa shape index (κ1) is 25.7. The Labute approximate surface area is 205 Å². The van der Waals surface area contributed by atoms with Crippen LogP contribution in [-0.4, -0.2) is 35.2 Å². The van der Waals surface area contributed by atoms with Gasteiger partial charge in [-0.15, -0.1) is 0 Å². The number of carboxylic acid groups (broad SMARTS) is 1. The smallest absolute Gasteiger partial charge is 0.408 e. The molecule has 0 aliphatic heterocycles. The largest absolute Gasteiger partial charge is 0.480 e. The molecule has 0 radical (unpaired) electrons. The lowest BCUT2D eigenvalue weighted by molar-refractivity contribution is -0.142. The molecule has 0 unspecified atom stereocenters. The van der Waals surface area contributed by atoms with Gasteiger partial charge in [-0.3, -0.25) is 4.79 Å². The zero-order chi connectivity index (χ0) is 25.2. The Hall–Kier alpha value is -3.87. The van der Waals surface area contributed by atoms with Crippen LogP contribution in [0.5, 0.6) is 0 Å². The molecule has 7 heteroatoms. The van der Waals surface area contributed by atoms with Crippen LogP contribution in [0.25, 0.3) is 10.8 Å². The fourth-order valence-corrected chi connectivity index (χ4v) is 3.95. The highest BCUT2D eigenvalue weighted by atomic mass is 16.5. The van der Waals surface area contributed by atoms with E-state index in [1.165, 1.54) is 0 Å². The molecular weight excluding hydrogens is 444 g/mol. The van der Waals surface area contributed by atoms with E-state index in [1.807, 2.05) is 86.6 Å². The van der Waals surface area contributed by atoms with Gasteiger partial charge in [0.2, 0.25) is 5.91 Å². The predicted octanol–water partition coefficient (Wildman–Crippen LogP) is 4.68. The fourth-order valence-electron chi connectivity index (χ4n) is 3.95. The molecule has 0 saturated heterocycles. The molecule has 3 aromatic rings. The van der Waals surface area contributed by atoms with Crippen LogP contribution in [0.2, 0.25) is 0 Å². The summed E-state index contributed by atoms with van der Waals surface area (Å²) in [4.78, 5) is 37.3. The second-order valence-corrected chi connectivity index (χ2v) is 8.96. The maximum absolute atomic E-state index is 13.1. The number of carbonyl (C=O) groups excluding carboxylic acids is 2. The number of aliphatic carboxylic acids is 1. The summed E-state index contributed by atoms with van der Waals surface area (Å²) >= 11 is 0. The van der Waals surface area contributed by atoms with Crippen LogP contribution in [0.1, 0.15) is 37.8 Å². The number of carbonyl (C=O) groups is 3. The van der Waals surface area contributed by atoms with Gasteiger partial charge in [-0.05, 0) is 47.1 Å². The molecule has 7 nitrogen and oxygen atoms in total. The predicted molar refractivity (Wildman–Crippen MR) is 135 cm³/mol. The summed E-state index contributed by atoms with van der Waals surface area (Å²) in [6.07, 6.45) is 0.354. The van der Waals surface area contributed by atoms with Crippen molar-refractivity contribution >= 4 is 28.7 Å². The van der Waals surface area contributed by atoms with Gasteiger partial charge in [0, 0.05) is 0 Å². The van der Waals surface area contributed by atoms with Gasteiger partial charge in [-0.2, -0.15) is 0 Å². The Bertz CT molecular complexity index is 1140. The van der Waals surface area contributed by atoms with E-state index in [-0.39, 0.29) is 25.4 Å². The zero-order valence-corrected chi connectivity index (χ0v) is 20.1. The van der Waals surface area contributed by atoms with Crippen molar-refractivity contribution in [2.24, 2.45) is 5.92 Å². The lowest BCUT2D eigenvalue weighted by atomic mass is 9.98. The van der Waals surface area contributed by atoms with Crippen LogP contribution in [-0.2, 0) is 27.4 Å². The van der Waals surface area contributed by atoms with Gasteiger partial charge in [-0.1, -0.05) is 86.6 Å². The topological polar surface area (TPSA) is 105 Å². The molecule has 35 heavy (non-hydrogen) atoms. The quantitative estimate of drug-likeness (QED) is 0.373. The number of hydrogen-bond acceptors (Lipinski definition) is 4. The molecule has 0 saturated carbocycles. The monoisotopic (exact) mass is 476 g/mol. The molecule has 184 valence electrons. The summed E-state index contributed by atoms with van der Waals surface area (Å²) in [6.45, 7) is 3.84. The van der Waals surface area contributed by atoms with Crippen LogP contribution in [0.3, 0.4) is 0 Å². The van der Waals surface area contributed by atoms with Gasteiger partial charge < -0.3 is 20.5 Å². The highest BCUT2D eigenvalue weighted by Gasteiger charge is 2.27. The van der Waals surface area contributed by atoms with Crippen LogP contribution in [0.4, 0.5) is 4.79 Å². The van der Waals surface area contributed by atoms with Crippen LogP contribution in [0, 0.1) is 5.92 Å². The summed E-state index contributed by atoms with van der Waals surface area (Å²) in [7, 11) is 0. The first-order valence-corrected chi connectivity index (χ1v) is 11.8. The Kier molecular flexibility index (Phi) is 9.23. The van der Waals surface area contributed by atoms with E-state index < -0.39 is 30.1 Å². The molecule has 0 heterocycles. The molecule has 2 atom stereocenters. The van der Waals surface area contributed by atoms with Crippen LogP contribution < -0.4 is 10.6 Å². The van der Waals surface area contributed by atoms with Gasteiger partial charge in [-0.25, -0.2) is 9.59 Å². The van der Waals surface area contributed by atoms with Crippen molar-refractivity contribution in [1.82, 2.24) is 10.6 Å². The third kappa shape index (κ3) is 7.84. The average Bonchev–Trinajstić information content (AvgIpc) is 2.85. The molecule has 3 rings (SSSR count). The molecule has 0 spiro atoms. The minimum Gasteiger partial charge on any atom is -0.480 e. The third-order valence-corrected chi connectivity index (χ3v) is 5.73. The number of rotatable bonds is 11. The van der Waals surface area contributed by atoms with Gasteiger partial charge in [0.15, 0.2) is 0 Å². The highest BCUT2D eigenvalue weighted by Crippen LogP contribution is 2.20. The number of amides is 2. The summed E-state index contributed by atoms with van der Waals surface area (Å²) in [5.41, 5.74) is 1.86. The van der Waals surface area contributed by atoms with Gasteiger partial charge >= 0.3 is 12.1 Å². The molecule has 0 aliphatic carbocycles. The Morgan fingerprint density at radius 2 is 1.54 bits per heavy atom. The molecule has 0 aromatic heterocycles. The number of fused-ring (bicyclic) bond motifs is 1. The average molecular weight is 477 g/mol. The molecule has 0 bridgehead atoms. The van der Waals surface area contributed by atoms with E-state index in [0.29, 0.717) is 6.42 Å². The number of benzene rings is 3. The van der Waals surface area contributed by atoms with E-state index in [4.69, 9.17) is 4.74 Å². The normalized spacial score (nSPS) is 12.7. The molecule has 3 N–H and O–H groups in total. The lowest BCUT2D eigenvalue weighted by Gasteiger charge is -2.22. The summed E-state index contributed by atoms with van der Waals surface area (Å²) in [5, 5.41) is 16.9. The van der Waals surface area contributed by atoms with Crippen molar-refractivity contribution < 1.29 is 24.2 Å². The summed E-state index contributed by atoms with van der Waals surface area (Å²) in [6, 6.07) is 21.2. The minimum atomic E-state index is -1.11. The lowest BCUT2D eigenvalue weighted by Crippen LogP contribution is -2.52. The van der Waals surface area contributed by atoms with Crippen LogP contribution in [0.15, 0.2) is 72.8 Å². The molecule has 0 aliphatic rings. The van der Waals surface area contributed by atoms with Crippen molar-refractivity contribution in [3.05, 3.63) is 83.9 Å². The number of alkyl carbamates (subject to hydrolysis) is 1. The van der Waals surface area contributed by atoms with Crippen LogP contribution >= 0.6 is 0 Å². The third-order valence-electron chi connectivity index (χ3n) is 5.73. The number of ether oxygens (including phenoxy) is 1. The van der Waals surface area contributed by atoms with E-state index in [2.05, 4.69) is 10.6 Å². The Morgan fingerprint density at radius 1 is 0.857 bits per heavy atom. The first-order chi connectivity index (χ1) is 16.8. The van der Waals surface area contributed by atoms with Crippen molar-refractivity contribution in [2.45, 2.75) is 51.8 Å². The van der Waals surface area contributed by atoms with Gasteiger partial charge in [0.05, 0.1) is 0 Å². The molecular formula is C28H32N2O5. The number of carboxylic acids is 1. The fraction of sp³-hybridized carbons (Fsp3) is 0.321. The Balaban J connectivity index is 1.72. The van der Waals surface area contributed by atoms with Crippen molar-refractivity contribution in [3.8, 4) is 0 Å². The van der Waals surface area contributed by atoms with E-state index in [9.17, 15) is 19.5 Å². The van der Waals surface area contributed by atoms with Crippen molar-refractivity contribution in [3.63, 3.8) is 0 Å². The number of hydrogen-bond donors (Lipinski definition) is 3. The van der Waals surface area contributed by atoms with E-state index in [1.54, 1.807) is 0 Å². The minimum absolute atomic E-state index is 0.0649. The first-order valence-electron chi connectivity index (χ1n) is 11.8. The summed E-state index contributed by atoms with van der Waals surface area (Å²) in [5.74, 6) is -1.57. The second kappa shape index (κ2) is 12.6. The highest BCUT2D eigenvalue weighted by molar-refractivity contribution is 5.89. The van der Waals surface area contributed by atoms with E-state index >= 15 is 0 Å². The zero-order valence-electron chi connectivity index (χ0n) is 20.1. The standard InChI is InChI=1S/C28H32N2O5/c1-19(2)17-25(27(32)33)29-26(31)24(30-28(34)35-18-20-9-4-3-5-10-20)16-15-22-13-8-12-21-11-6-7-14-23(21)22/h3-14,19,24-25H,15-18H2,1-2H3,(H,29,31)(H,30,34)(H,32,33)/t24-,25-/m0/s1.